The molecule has 4 aliphatic heterocycles. The Bertz CT molecular complexity index is 1880. The van der Waals surface area contributed by atoms with Gasteiger partial charge < -0.3 is 44.5 Å². The van der Waals surface area contributed by atoms with Crippen LogP contribution < -0.4 is 10.6 Å². The van der Waals surface area contributed by atoms with Gasteiger partial charge in [0.25, 0.3) is 0 Å². The van der Waals surface area contributed by atoms with E-state index in [1.54, 1.807) is 20.8 Å². The van der Waals surface area contributed by atoms with Gasteiger partial charge in [0, 0.05) is 12.8 Å². The van der Waals surface area contributed by atoms with Crippen LogP contribution in [0.4, 0.5) is 0 Å². The highest BCUT2D eigenvalue weighted by Crippen LogP contribution is 2.60. The molecule has 1 aromatic rings. The summed E-state index contributed by atoms with van der Waals surface area (Å²) >= 11 is 0. The molecule has 0 spiro atoms. The number of nitrogens with zero attached hydrogens (tertiary/aromatic N) is 1. The molecule has 1 aromatic carbocycles. The molecule has 8 rings (SSSR count). The van der Waals surface area contributed by atoms with E-state index in [1.807, 2.05) is 12.1 Å². The third kappa shape index (κ3) is 8.15. The van der Waals surface area contributed by atoms with Crippen LogP contribution in [0.5, 0.6) is 0 Å². The van der Waals surface area contributed by atoms with Gasteiger partial charge in [-0.2, -0.15) is 5.06 Å². The minimum absolute atomic E-state index is 0.000170. The molecule has 2 bridgehead atoms. The largest absolute Gasteiger partial charge is 0.460 e. The Morgan fingerprint density at radius 1 is 1.08 bits per heavy atom. The fraction of sp³-hybridized carbons (Fsp3) is 0.733. The number of fused-ring (bicyclic) bond motifs is 6. The van der Waals surface area contributed by atoms with E-state index >= 15 is 0 Å². The van der Waals surface area contributed by atoms with Crippen LogP contribution in [-0.4, -0.2) is 118 Å². The van der Waals surface area contributed by atoms with E-state index in [0.717, 1.165) is 43.2 Å². The maximum Gasteiger partial charge on any atom is 0.327 e. The number of esters is 2. The van der Waals surface area contributed by atoms with Crippen LogP contribution in [0.3, 0.4) is 0 Å². The van der Waals surface area contributed by atoms with Crippen molar-refractivity contribution in [2.24, 2.45) is 22.7 Å². The van der Waals surface area contributed by atoms with Gasteiger partial charge in [-0.1, -0.05) is 49.8 Å². The second kappa shape index (κ2) is 16.0. The van der Waals surface area contributed by atoms with Crippen molar-refractivity contribution in [1.82, 2.24) is 15.7 Å². The van der Waals surface area contributed by atoms with Gasteiger partial charge in [-0.25, -0.2) is 0 Å². The molecule has 3 aliphatic carbocycles. The quantitative estimate of drug-likeness (QED) is 0.177. The van der Waals surface area contributed by atoms with Crippen LogP contribution >= 0.6 is 0 Å². The van der Waals surface area contributed by atoms with Crippen LogP contribution in [0.15, 0.2) is 29.8 Å². The van der Waals surface area contributed by atoms with Crippen LogP contribution in [0.25, 0.3) is 6.08 Å². The van der Waals surface area contributed by atoms with Crippen molar-refractivity contribution in [2.75, 3.05) is 13.4 Å². The van der Waals surface area contributed by atoms with E-state index < -0.39 is 90.0 Å². The van der Waals surface area contributed by atoms with Crippen molar-refractivity contribution < 1.29 is 57.9 Å². The van der Waals surface area contributed by atoms with E-state index in [1.165, 1.54) is 17.6 Å². The Kier molecular flexibility index (Phi) is 11.5. The van der Waals surface area contributed by atoms with E-state index in [2.05, 4.69) is 49.6 Å². The van der Waals surface area contributed by atoms with Crippen molar-refractivity contribution in [3.05, 3.63) is 41.0 Å². The summed E-state index contributed by atoms with van der Waals surface area (Å²) in [5, 5.41) is 27.8. The predicted octanol–water partition coefficient (Wildman–Crippen LogP) is 3.47. The summed E-state index contributed by atoms with van der Waals surface area (Å²) in [7, 11) is 0. The van der Waals surface area contributed by atoms with Gasteiger partial charge in [-0.3, -0.25) is 24.0 Å². The molecule has 4 heterocycles. The molecule has 1 unspecified atom stereocenters. The lowest BCUT2D eigenvalue weighted by molar-refractivity contribution is -0.201. The number of aliphatic hydroxyl groups is 2. The number of hydroxylamine groups is 2. The van der Waals surface area contributed by atoms with Gasteiger partial charge in [-0.15, -0.1) is 0 Å². The zero-order valence-corrected chi connectivity index (χ0v) is 35.9. The first-order chi connectivity index (χ1) is 28.3. The number of allylic oxidation sites excluding steroid dienone is 1. The lowest BCUT2D eigenvalue weighted by atomic mass is 9.52. The van der Waals surface area contributed by atoms with Crippen molar-refractivity contribution in [3.8, 4) is 0 Å². The number of carbonyl (C=O) groups excluding carboxylic acids is 4. The normalized spacial score (nSPS) is 37.4. The predicted molar refractivity (Wildman–Crippen MR) is 215 cm³/mol. The second-order valence-corrected chi connectivity index (χ2v) is 20.2. The third-order valence-electron chi connectivity index (χ3n) is 14.3. The topological polar surface area (TPSA) is 195 Å². The lowest BCUT2D eigenvalue weighted by Crippen LogP contribution is -2.71. The van der Waals surface area contributed by atoms with Crippen LogP contribution in [0.1, 0.15) is 111 Å². The average molecular weight is 838 g/mol. The fourth-order valence-electron chi connectivity index (χ4n) is 11.1. The number of rotatable bonds is 12. The molecule has 4 N–H and O–H groups in total. The van der Waals surface area contributed by atoms with E-state index in [9.17, 15) is 29.4 Å². The van der Waals surface area contributed by atoms with Gasteiger partial charge in [-0.05, 0) is 102 Å². The Morgan fingerprint density at radius 2 is 1.85 bits per heavy atom. The number of hydrogen-bond donors (Lipinski definition) is 4. The zero-order chi connectivity index (χ0) is 42.9. The number of amides is 2. The monoisotopic (exact) mass is 837 g/mol. The number of epoxide rings is 1. The first kappa shape index (κ1) is 43.2. The number of carbonyl (C=O) groups is 4. The summed E-state index contributed by atoms with van der Waals surface area (Å²) in [6, 6.07) is 4.59. The second-order valence-electron chi connectivity index (χ2n) is 20.2. The molecule has 3 saturated carbocycles. The summed E-state index contributed by atoms with van der Waals surface area (Å²) in [5.41, 5.74) is 1.38. The highest BCUT2D eigenvalue weighted by molar-refractivity contribution is 5.96. The SMILES string of the molecule is C[C@H](O)[C@@H](NC(=O)[C@@]12C[C@H]3OC(=O)[C@@H]1N(Cc1cccc(C=C4CCC5O[C@]5(C)CC[C@@H]5[C@@H]4CC5(C)C)c1)O[C@@H]2[C@H]1OCO[C@H]13)C(=O)N[C@H](CO)CCC(=O)OC(C)(C)C. The van der Waals surface area contributed by atoms with Crippen LogP contribution in [-0.2, 0) is 54.2 Å². The molecular formula is C45H63N3O12. The summed E-state index contributed by atoms with van der Waals surface area (Å²) in [5.74, 6) is -1.48. The molecule has 15 heteroatoms. The molecule has 2 amide bonds. The van der Waals surface area contributed by atoms with Crippen molar-refractivity contribution in [1.29, 1.82) is 0 Å². The van der Waals surface area contributed by atoms with E-state index in [-0.39, 0.29) is 43.6 Å². The van der Waals surface area contributed by atoms with E-state index in [4.69, 9.17) is 28.5 Å². The van der Waals surface area contributed by atoms with Gasteiger partial charge in [0.15, 0.2) is 6.04 Å². The average Bonchev–Trinajstić information content (AvgIpc) is 3.45. The molecule has 0 aromatic heterocycles. The Labute approximate surface area is 352 Å². The maximum atomic E-state index is 14.8. The number of aliphatic hydroxyl groups excluding tert-OH is 2. The molecule has 13 atom stereocenters. The Hall–Kier alpha value is -3.44. The van der Waals surface area contributed by atoms with Crippen molar-refractivity contribution in [3.63, 3.8) is 0 Å². The number of benzene rings is 1. The van der Waals surface area contributed by atoms with Crippen molar-refractivity contribution >= 4 is 29.8 Å². The van der Waals surface area contributed by atoms with Crippen LogP contribution in [0.2, 0.25) is 0 Å². The first-order valence-electron chi connectivity index (χ1n) is 21.8. The molecule has 4 saturated heterocycles. The highest BCUT2D eigenvalue weighted by Gasteiger charge is 2.75. The highest BCUT2D eigenvalue weighted by atomic mass is 16.8. The third-order valence-corrected chi connectivity index (χ3v) is 14.3. The summed E-state index contributed by atoms with van der Waals surface area (Å²) in [4.78, 5) is 61.5. The molecule has 7 aliphatic rings. The van der Waals surface area contributed by atoms with Gasteiger partial charge in [0.05, 0.1) is 37.0 Å². The summed E-state index contributed by atoms with van der Waals surface area (Å²) < 4.78 is 29.3. The fourth-order valence-corrected chi connectivity index (χ4v) is 11.1. The summed E-state index contributed by atoms with van der Waals surface area (Å²) in [6.45, 7) is 13.2. The molecule has 15 nitrogen and oxygen atoms in total. The molecule has 330 valence electrons. The zero-order valence-electron chi connectivity index (χ0n) is 35.9. The Morgan fingerprint density at radius 3 is 2.57 bits per heavy atom. The molecular weight excluding hydrogens is 775 g/mol. The Balaban J connectivity index is 1.02. The molecule has 7 fully saturated rings. The smallest absolute Gasteiger partial charge is 0.327 e. The van der Waals surface area contributed by atoms with Gasteiger partial charge in [0.2, 0.25) is 11.8 Å². The van der Waals surface area contributed by atoms with Gasteiger partial charge >= 0.3 is 11.9 Å². The first-order valence-corrected chi connectivity index (χ1v) is 21.8. The van der Waals surface area contributed by atoms with Crippen molar-refractivity contribution in [2.45, 2.75) is 172 Å². The number of nitrogens with one attached hydrogen (secondary N) is 2. The standard InChI is InChI=1S/C45H63N3O12/c1-24(50)34(39(52)46-28(22-49)12-14-33(51)59-42(2,3)4)47-41(54)45-20-31-35-36(56-23-55-35)38(45)60-48(37(45)40(53)57-31)21-26-10-8-9-25(17-26)18-27-11-13-32-44(7,58-32)16-15-30-29(27)19-43(30,5)6/h8-10,17-18,24,28-32,34-38,49-50H,11-16,19-23H2,1-7H3,(H,46,52)(H,47,54)/t24-,28-,29+,30+,31+,32?,34+,35-,36-,37-,38+,44+,45-/m0/s1. The van der Waals surface area contributed by atoms with Crippen LogP contribution in [0, 0.1) is 22.7 Å². The van der Waals surface area contributed by atoms with Gasteiger partial charge in [0.1, 0.15) is 48.3 Å². The lowest BCUT2D eigenvalue weighted by Gasteiger charge is -2.53. The number of ether oxygens (including phenoxy) is 5. The number of hydrogen-bond acceptors (Lipinski definition) is 13. The summed E-state index contributed by atoms with van der Waals surface area (Å²) in [6.07, 6.45) is 3.49. The van der Waals surface area contributed by atoms with E-state index in [0.29, 0.717) is 17.9 Å². The molecule has 60 heavy (non-hydrogen) atoms. The minimum Gasteiger partial charge on any atom is -0.460 e. The maximum absolute atomic E-state index is 14.8. The molecule has 0 radical (unpaired) electrons. The minimum atomic E-state index is -1.57.